The molecule has 0 saturated carbocycles. The van der Waals surface area contributed by atoms with Crippen LogP contribution in [0.2, 0.25) is 0 Å². The van der Waals surface area contributed by atoms with E-state index in [4.69, 9.17) is 9.47 Å². The van der Waals surface area contributed by atoms with Gasteiger partial charge in [-0.05, 0) is 36.3 Å². The first kappa shape index (κ1) is 21.6. The van der Waals surface area contributed by atoms with Gasteiger partial charge >= 0.3 is 5.97 Å². The fourth-order valence-corrected chi connectivity index (χ4v) is 4.52. The molecule has 0 aromatic carbocycles. The maximum absolute atomic E-state index is 15.0. The van der Waals surface area contributed by atoms with Crippen molar-refractivity contribution in [1.82, 2.24) is 35.0 Å². The summed E-state index contributed by atoms with van der Waals surface area (Å²) < 4.78 is 27.4. The topological polar surface area (TPSA) is 116 Å². The highest BCUT2D eigenvalue weighted by molar-refractivity contribution is 5.94. The molecule has 1 amide bonds. The highest BCUT2D eigenvalue weighted by atomic mass is 19.1. The molecule has 2 aromatic heterocycles. The molecule has 3 aliphatic rings. The van der Waals surface area contributed by atoms with Gasteiger partial charge in [-0.15, -0.1) is 5.10 Å². The minimum Gasteiger partial charge on any atom is -0.456 e. The van der Waals surface area contributed by atoms with Crippen molar-refractivity contribution in [3.05, 3.63) is 41.5 Å². The lowest BCUT2D eigenvalue weighted by molar-refractivity contribution is -0.177. The molecule has 5 heterocycles. The Morgan fingerprint density at radius 1 is 1.21 bits per heavy atom. The number of morpholine rings is 1. The number of pyridine rings is 1. The van der Waals surface area contributed by atoms with Crippen LogP contribution in [0.15, 0.2) is 35.9 Å². The molecule has 0 bridgehead atoms. The Morgan fingerprint density at radius 3 is 2.67 bits per heavy atom. The van der Waals surface area contributed by atoms with Crippen LogP contribution in [0, 0.1) is 0 Å². The Hall–Kier alpha value is -3.25. The molecule has 2 saturated heterocycles. The van der Waals surface area contributed by atoms with E-state index in [2.05, 4.69) is 20.5 Å². The van der Waals surface area contributed by atoms with E-state index in [1.165, 1.54) is 17.2 Å². The standard InChI is InChI=1S/C21H24FN7O4/c1-14-17(12-32-19(14)30)28-8-9-33-21(20(28)31)4-6-27(7-5-21)11-16(22)15-2-3-18(23-10-15)29-13-24-25-26-29/h2-3,10,13,16H,4-9,11-12H2,1H3. The highest BCUT2D eigenvalue weighted by Gasteiger charge is 2.49. The van der Waals surface area contributed by atoms with Crippen molar-refractivity contribution in [2.45, 2.75) is 31.5 Å². The normalized spacial score (nSPS) is 22.2. The summed E-state index contributed by atoms with van der Waals surface area (Å²) in [6.45, 7) is 3.84. The van der Waals surface area contributed by atoms with Crippen molar-refractivity contribution in [2.75, 3.05) is 39.4 Å². The maximum Gasteiger partial charge on any atom is 0.336 e. The Kier molecular flexibility index (Phi) is 5.62. The lowest BCUT2D eigenvalue weighted by atomic mass is 9.88. The van der Waals surface area contributed by atoms with Gasteiger partial charge in [0.1, 0.15) is 24.7 Å². The number of amides is 1. The number of carbonyl (C=O) groups excluding carboxylic acids is 2. The van der Waals surface area contributed by atoms with Crippen LogP contribution in [0.3, 0.4) is 0 Å². The first-order chi connectivity index (χ1) is 16.0. The molecule has 1 spiro atoms. The van der Waals surface area contributed by atoms with Gasteiger partial charge in [0.05, 0.1) is 17.9 Å². The van der Waals surface area contributed by atoms with Crippen LogP contribution in [-0.2, 0) is 19.1 Å². The summed E-state index contributed by atoms with van der Waals surface area (Å²) in [5.74, 6) is -0.0176. The number of aromatic nitrogens is 5. The van der Waals surface area contributed by atoms with Crippen molar-refractivity contribution < 1.29 is 23.5 Å². The first-order valence-corrected chi connectivity index (χ1v) is 10.9. The molecule has 2 aromatic rings. The minimum absolute atomic E-state index is 0.113. The fourth-order valence-electron chi connectivity index (χ4n) is 4.52. The number of halogens is 1. The van der Waals surface area contributed by atoms with Gasteiger partial charge in [0.2, 0.25) is 0 Å². The van der Waals surface area contributed by atoms with E-state index in [0.29, 0.717) is 61.7 Å². The quantitative estimate of drug-likeness (QED) is 0.595. The van der Waals surface area contributed by atoms with E-state index in [1.54, 1.807) is 24.0 Å². The van der Waals surface area contributed by atoms with Gasteiger partial charge in [0.25, 0.3) is 5.91 Å². The molecule has 2 fully saturated rings. The van der Waals surface area contributed by atoms with Gasteiger partial charge < -0.3 is 14.4 Å². The molecule has 0 aliphatic carbocycles. The number of tetrazole rings is 1. The van der Waals surface area contributed by atoms with Crippen LogP contribution in [-0.4, -0.2) is 91.9 Å². The summed E-state index contributed by atoms with van der Waals surface area (Å²) >= 11 is 0. The number of ether oxygens (including phenoxy) is 2. The second-order valence-electron chi connectivity index (χ2n) is 8.42. The summed E-state index contributed by atoms with van der Waals surface area (Å²) in [6.07, 6.45) is 2.62. The average molecular weight is 457 g/mol. The largest absolute Gasteiger partial charge is 0.456 e. The van der Waals surface area contributed by atoms with Crippen molar-refractivity contribution in [3.8, 4) is 5.82 Å². The molecule has 1 atom stereocenters. The summed E-state index contributed by atoms with van der Waals surface area (Å²) in [4.78, 5) is 32.9. The smallest absolute Gasteiger partial charge is 0.336 e. The lowest BCUT2D eigenvalue weighted by Gasteiger charge is -2.46. The number of rotatable bonds is 5. The van der Waals surface area contributed by atoms with E-state index in [9.17, 15) is 14.0 Å². The van der Waals surface area contributed by atoms with Crippen molar-refractivity contribution in [3.63, 3.8) is 0 Å². The third kappa shape index (κ3) is 4.00. The van der Waals surface area contributed by atoms with Gasteiger partial charge in [0, 0.05) is 37.9 Å². The zero-order valence-electron chi connectivity index (χ0n) is 18.2. The third-order valence-corrected chi connectivity index (χ3v) is 6.53. The van der Waals surface area contributed by atoms with Crippen LogP contribution in [0.4, 0.5) is 4.39 Å². The Bertz CT molecular complexity index is 1060. The number of cyclic esters (lactones) is 1. The summed E-state index contributed by atoms with van der Waals surface area (Å²) in [7, 11) is 0. The SMILES string of the molecule is CC1=C(N2CCOC3(CCN(CC(F)c4ccc(-n5cnnn5)nc4)CC3)C2=O)COC1=O. The molecule has 0 N–H and O–H groups in total. The summed E-state index contributed by atoms with van der Waals surface area (Å²) in [6, 6.07) is 3.34. The molecule has 0 radical (unpaired) electrons. The Balaban J connectivity index is 1.20. The van der Waals surface area contributed by atoms with Gasteiger partial charge in [-0.3, -0.25) is 9.69 Å². The van der Waals surface area contributed by atoms with Crippen LogP contribution in [0.25, 0.3) is 5.82 Å². The molecule has 3 aliphatic heterocycles. The number of nitrogens with zero attached hydrogens (tertiary/aromatic N) is 7. The van der Waals surface area contributed by atoms with E-state index < -0.39 is 11.8 Å². The van der Waals surface area contributed by atoms with E-state index in [1.807, 2.05) is 4.90 Å². The molecule has 174 valence electrons. The predicted molar refractivity (Wildman–Crippen MR) is 111 cm³/mol. The molecule has 12 heteroatoms. The second-order valence-corrected chi connectivity index (χ2v) is 8.42. The number of hydrogen-bond donors (Lipinski definition) is 0. The monoisotopic (exact) mass is 457 g/mol. The number of piperidine rings is 1. The van der Waals surface area contributed by atoms with Crippen molar-refractivity contribution in [1.29, 1.82) is 0 Å². The van der Waals surface area contributed by atoms with Crippen LogP contribution in [0.1, 0.15) is 31.5 Å². The molecular weight excluding hydrogens is 433 g/mol. The number of likely N-dealkylation sites (tertiary alicyclic amines) is 1. The lowest BCUT2D eigenvalue weighted by Crippen LogP contribution is -2.60. The van der Waals surface area contributed by atoms with Gasteiger partial charge in [0.15, 0.2) is 5.82 Å². The molecule has 33 heavy (non-hydrogen) atoms. The number of hydrogen-bond acceptors (Lipinski definition) is 9. The first-order valence-electron chi connectivity index (χ1n) is 10.9. The number of carbonyl (C=O) groups is 2. The summed E-state index contributed by atoms with van der Waals surface area (Å²) in [5, 5.41) is 10.9. The number of esters is 1. The predicted octanol–water partition coefficient (Wildman–Crippen LogP) is 0.592. The van der Waals surface area contributed by atoms with E-state index >= 15 is 0 Å². The Morgan fingerprint density at radius 2 is 2.03 bits per heavy atom. The van der Waals surface area contributed by atoms with Gasteiger partial charge in [-0.2, -0.15) is 4.68 Å². The van der Waals surface area contributed by atoms with Crippen LogP contribution < -0.4 is 0 Å². The minimum atomic E-state index is -1.22. The molecule has 11 nitrogen and oxygen atoms in total. The average Bonchev–Trinajstić information content (AvgIpc) is 3.48. The van der Waals surface area contributed by atoms with Crippen molar-refractivity contribution in [2.24, 2.45) is 0 Å². The third-order valence-electron chi connectivity index (χ3n) is 6.53. The van der Waals surface area contributed by atoms with E-state index in [-0.39, 0.29) is 25.0 Å². The Labute approximate surface area is 189 Å². The highest BCUT2D eigenvalue weighted by Crippen LogP contribution is 2.35. The molecule has 5 rings (SSSR count). The summed E-state index contributed by atoms with van der Waals surface area (Å²) in [5.41, 5.74) is 0.625. The van der Waals surface area contributed by atoms with Crippen LogP contribution in [0.5, 0.6) is 0 Å². The second kappa shape index (κ2) is 8.60. The van der Waals surface area contributed by atoms with Crippen LogP contribution >= 0.6 is 0 Å². The van der Waals surface area contributed by atoms with Crippen molar-refractivity contribution >= 4 is 11.9 Å². The number of alkyl halides is 1. The van der Waals surface area contributed by atoms with E-state index in [0.717, 1.165) is 0 Å². The van der Waals surface area contributed by atoms with Gasteiger partial charge in [-0.1, -0.05) is 6.07 Å². The zero-order valence-corrected chi connectivity index (χ0v) is 18.2. The molecule has 1 unspecified atom stereocenters. The molecular formula is C21H24FN7O4. The maximum atomic E-state index is 15.0. The van der Waals surface area contributed by atoms with Gasteiger partial charge in [-0.25, -0.2) is 14.2 Å². The fraction of sp³-hybridized carbons (Fsp3) is 0.524. The zero-order chi connectivity index (χ0) is 23.0.